The summed E-state index contributed by atoms with van der Waals surface area (Å²) in [5.41, 5.74) is -0.303. The fourth-order valence-corrected chi connectivity index (χ4v) is 5.30. The molecule has 2 heterocycles. The van der Waals surface area contributed by atoms with Crippen LogP contribution in [0.5, 0.6) is 0 Å². The van der Waals surface area contributed by atoms with Crippen molar-refractivity contribution < 1.29 is 19.5 Å². The van der Waals surface area contributed by atoms with E-state index >= 15 is 0 Å². The molecule has 5 atom stereocenters. The van der Waals surface area contributed by atoms with Crippen LogP contribution in [0.15, 0.2) is 24.3 Å². The number of aliphatic hydroxyl groups is 1. The number of benzene rings is 1. The molecule has 9 heteroatoms. The van der Waals surface area contributed by atoms with Crippen LogP contribution in [-0.4, -0.2) is 70.6 Å². The fourth-order valence-electron chi connectivity index (χ4n) is 5.30. The Balaban J connectivity index is 1.90. The highest BCUT2D eigenvalue weighted by Crippen LogP contribution is 2.47. The van der Waals surface area contributed by atoms with Crippen LogP contribution in [0.1, 0.15) is 66.9 Å². The maximum absolute atomic E-state index is 13.4. The summed E-state index contributed by atoms with van der Waals surface area (Å²) in [5, 5.41) is 27.5. The van der Waals surface area contributed by atoms with Gasteiger partial charge in [0.2, 0.25) is 17.7 Å². The SMILES string of the molecule is C[C@H](NC(=O)C(C)(C)C)C(=O)N(C)[C@@H](CC(C)(C)C)C(O)N1C[C@]2(C[C@H]1C#N)C(=O)Nc1ccccc12. The van der Waals surface area contributed by atoms with Gasteiger partial charge in [-0.25, -0.2) is 0 Å². The van der Waals surface area contributed by atoms with Gasteiger partial charge in [-0.2, -0.15) is 5.26 Å². The molecule has 1 fully saturated rings. The average Bonchev–Trinajstić information content (AvgIpc) is 3.33. The predicted octanol–water partition coefficient (Wildman–Crippen LogP) is 2.61. The van der Waals surface area contributed by atoms with Gasteiger partial charge in [-0.3, -0.25) is 19.3 Å². The molecule has 2 aliphatic rings. The number of hydrogen-bond acceptors (Lipinski definition) is 6. The van der Waals surface area contributed by atoms with Gasteiger partial charge in [-0.05, 0) is 36.8 Å². The van der Waals surface area contributed by atoms with Crippen LogP contribution >= 0.6 is 0 Å². The van der Waals surface area contributed by atoms with Crippen molar-refractivity contribution >= 4 is 23.4 Å². The van der Waals surface area contributed by atoms with Crippen molar-refractivity contribution in [2.24, 2.45) is 10.8 Å². The third-order valence-corrected chi connectivity index (χ3v) is 7.42. The Morgan fingerprint density at radius 2 is 1.89 bits per heavy atom. The molecule has 3 rings (SSSR count). The summed E-state index contributed by atoms with van der Waals surface area (Å²) in [6, 6.07) is 7.53. The first-order valence-corrected chi connectivity index (χ1v) is 12.8. The van der Waals surface area contributed by atoms with E-state index in [2.05, 4.69) is 16.7 Å². The largest absolute Gasteiger partial charge is 0.376 e. The number of carbonyl (C=O) groups is 3. The number of nitriles is 1. The molecule has 37 heavy (non-hydrogen) atoms. The number of likely N-dealkylation sites (tertiary alicyclic amines) is 1. The second-order valence-corrected chi connectivity index (χ2v) is 12.7. The topological polar surface area (TPSA) is 126 Å². The van der Waals surface area contributed by atoms with Gasteiger partial charge in [-0.15, -0.1) is 0 Å². The highest BCUT2D eigenvalue weighted by atomic mass is 16.3. The summed E-state index contributed by atoms with van der Waals surface area (Å²) >= 11 is 0. The second-order valence-electron chi connectivity index (χ2n) is 12.7. The third-order valence-electron chi connectivity index (χ3n) is 7.42. The van der Waals surface area contributed by atoms with Crippen LogP contribution < -0.4 is 10.6 Å². The van der Waals surface area contributed by atoms with E-state index < -0.39 is 35.2 Å². The Morgan fingerprint density at radius 3 is 2.46 bits per heavy atom. The molecular formula is C28H41N5O4. The normalized spacial score (nSPS) is 24.1. The second kappa shape index (κ2) is 10.1. The smallest absolute Gasteiger partial charge is 0.244 e. The van der Waals surface area contributed by atoms with Crippen LogP contribution in [0, 0.1) is 22.2 Å². The van der Waals surface area contributed by atoms with Crippen molar-refractivity contribution in [3.05, 3.63) is 29.8 Å². The highest BCUT2D eigenvalue weighted by molar-refractivity contribution is 6.06. The van der Waals surface area contributed by atoms with E-state index in [0.717, 1.165) is 11.3 Å². The minimum Gasteiger partial charge on any atom is -0.376 e. The number of rotatable bonds is 6. The zero-order valence-corrected chi connectivity index (χ0v) is 23.3. The van der Waals surface area contributed by atoms with Crippen LogP contribution in [0.4, 0.5) is 5.69 Å². The van der Waals surface area contributed by atoms with Gasteiger partial charge in [0.15, 0.2) is 0 Å². The van der Waals surface area contributed by atoms with Gasteiger partial charge in [0.25, 0.3) is 0 Å². The lowest BCUT2D eigenvalue weighted by molar-refractivity contribution is -0.145. The molecule has 1 aromatic carbocycles. The van der Waals surface area contributed by atoms with Gasteiger partial charge in [0, 0.05) is 24.7 Å². The van der Waals surface area contributed by atoms with E-state index in [0.29, 0.717) is 6.42 Å². The minimum absolute atomic E-state index is 0.161. The lowest BCUT2D eigenvalue weighted by atomic mass is 9.80. The molecule has 2 aliphatic heterocycles. The van der Waals surface area contributed by atoms with Crippen molar-refractivity contribution in [1.29, 1.82) is 5.26 Å². The Hall–Kier alpha value is -2.96. The molecular weight excluding hydrogens is 470 g/mol. The van der Waals surface area contributed by atoms with Gasteiger partial charge in [-0.1, -0.05) is 59.7 Å². The number of amides is 3. The molecule has 0 bridgehead atoms. The van der Waals surface area contributed by atoms with Crippen molar-refractivity contribution in [2.45, 2.75) is 91.1 Å². The lowest BCUT2D eigenvalue weighted by Crippen LogP contribution is -2.58. The Morgan fingerprint density at radius 1 is 1.27 bits per heavy atom. The number of aliphatic hydroxyl groups excluding tert-OH is 1. The number of para-hydroxylation sites is 1. The Kier molecular flexibility index (Phi) is 7.79. The van der Waals surface area contributed by atoms with Crippen molar-refractivity contribution in [1.82, 2.24) is 15.1 Å². The average molecular weight is 512 g/mol. The van der Waals surface area contributed by atoms with E-state index in [4.69, 9.17) is 0 Å². The van der Waals surface area contributed by atoms with Gasteiger partial charge < -0.3 is 20.6 Å². The molecule has 202 valence electrons. The van der Waals surface area contributed by atoms with Crippen LogP contribution in [-0.2, 0) is 19.8 Å². The Labute approximate surface area is 220 Å². The summed E-state index contributed by atoms with van der Waals surface area (Å²) in [5.74, 6) is -0.761. The maximum atomic E-state index is 13.4. The van der Waals surface area contributed by atoms with E-state index in [9.17, 15) is 24.8 Å². The maximum Gasteiger partial charge on any atom is 0.244 e. The van der Waals surface area contributed by atoms with E-state index in [1.165, 1.54) is 4.90 Å². The first-order valence-electron chi connectivity index (χ1n) is 12.8. The van der Waals surface area contributed by atoms with E-state index in [1.807, 2.05) is 45.0 Å². The fraction of sp³-hybridized carbons (Fsp3) is 0.643. The molecule has 1 unspecified atom stereocenters. The van der Waals surface area contributed by atoms with Gasteiger partial charge >= 0.3 is 0 Å². The van der Waals surface area contributed by atoms with Crippen LogP contribution in [0.3, 0.4) is 0 Å². The number of nitrogens with zero attached hydrogens (tertiary/aromatic N) is 3. The van der Waals surface area contributed by atoms with Gasteiger partial charge in [0.1, 0.15) is 18.3 Å². The molecule has 0 saturated carbocycles. The first-order chi connectivity index (χ1) is 17.0. The number of fused-ring (bicyclic) bond motifs is 2. The zero-order valence-electron chi connectivity index (χ0n) is 23.3. The summed E-state index contributed by atoms with van der Waals surface area (Å²) < 4.78 is 0. The summed E-state index contributed by atoms with van der Waals surface area (Å²) in [6.07, 6.45) is -0.495. The summed E-state index contributed by atoms with van der Waals surface area (Å²) in [7, 11) is 1.62. The molecule has 0 aliphatic carbocycles. The van der Waals surface area contributed by atoms with Gasteiger partial charge in [0.05, 0.1) is 17.5 Å². The lowest BCUT2D eigenvalue weighted by Gasteiger charge is -2.41. The third kappa shape index (κ3) is 5.65. The highest BCUT2D eigenvalue weighted by Gasteiger charge is 2.57. The standard InChI is InChI=1S/C28H41N5O4/c1-17(30-24(36)27(5,6)7)22(34)32(8)21(14-26(2,3)4)23(35)33-16-28(13-18(33)15-29)19-11-9-10-12-20(19)31-25(28)37/h9-12,17-18,21,23,35H,13-14,16H2,1-8H3,(H,30,36)(H,31,37)/t17-,18-,21-,23?,28-/m0/s1. The summed E-state index contributed by atoms with van der Waals surface area (Å²) in [6.45, 7) is 13.2. The van der Waals surface area contributed by atoms with Crippen LogP contribution in [0.2, 0.25) is 0 Å². The molecule has 9 nitrogen and oxygen atoms in total. The van der Waals surface area contributed by atoms with Crippen molar-refractivity contribution in [3.63, 3.8) is 0 Å². The Bertz CT molecular complexity index is 1100. The van der Waals surface area contributed by atoms with Crippen molar-refractivity contribution in [2.75, 3.05) is 18.9 Å². The number of anilines is 1. The molecule has 3 amide bonds. The monoisotopic (exact) mass is 511 g/mol. The van der Waals surface area contributed by atoms with E-state index in [1.54, 1.807) is 39.6 Å². The number of hydrogen-bond donors (Lipinski definition) is 3. The zero-order chi connectivity index (χ0) is 27.9. The minimum atomic E-state index is -1.19. The summed E-state index contributed by atoms with van der Waals surface area (Å²) in [4.78, 5) is 42.2. The molecule has 0 radical (unpaired) electrons. The number of likely N-dealkylation sites (N-methyl/N-ethyl adjacent to an activating group) is 1. The van der Waals surface area contributed by atoms with Crippen LogP contribution in [0.25, 0.3) is 0 Å². The molecule has 3 N–H and O–H groups in total. The molecule has 1 aromatic rings. The first kappa shape index (κ1) is 28.6. The molecule has 0 aromatic heterocycles. The van der Waals surface area contributed by atoms with Crippen molar-refractivity contribution in [3.8, 4) is 6.07 Å². The quantitative estimate of drug-likeness (QED) is 0.539. The number of nitrogens with one attached hydrogen (secondary N) is 2. The predicted molar refractivity (Wildman–Crippen MR) is 141 cm³/mol. The van der Waals surface area contributed by atoms with E-state index in [-0.39, 0.29) is 36.1 Å². The molecule has 1 spiro atoms. The molecule has 1 saturated heterocycles. The number of carbonyl (C=O) groups excluding carboxylic acids is 3.